The van der Waals surface area contributed by atoms with Gasteiger partial charge in [-0.05, 0) is 18.2 Å². The number of pyridine rings is 1. The number of nitrogens with zero attached hydrogens (tertiary/aromatic N) is 1. The number of ether oxygens (including phenoxy) is 1. The first-order valence-electron chi connectivity index (χ1n) is 4.11. The van der Waals surface area contributed by atoms with E-state index in [9.17, 15) is 9.90 Å². The Balaban J connectivity index is 2.67. The largest absolute Gasteiger partial charge is 0.505 e. The highest BCUT2D eigenvalue weighted by atomic mass is 16.5. The molecule has 4 heteroatoms. The molecule has 0 bridgehead atoms. The minimum atomic E-state index is -0.536. The Morgan fingerprint density at radius 3 is 2.93 bits per heavy atom. The summed E-state index contributed by atoms with van der Waals surface area (Å²) in [5, 5.41) is 9.72. The lowest BCUT2D eigenvalue weighted by Gasteiger charge is -2.04. The summed E-state index contributed by atoms with van der Waals surface area (Å²) in [7, 11) is 1.28. The Morgan fingerprint density at radius 2 is 2.21 bits per heavy atom. The average molecular weight is 191 g/mol. The van der Waals surface area contributed by atoms with Crippen molar-refractivity contribution in [2.24, 2.45) is 0 Å². The fraction of sp³-hybridized carbons (Fsp3) is 0.100. The van der Waals surface area contributed by atoms with Crippen LogP contribution in [0.15, 0.2) is 30.6 Å². The van der Waals surface area contributed by atoms with Gasteiger partial charge < -0.3 is 14.2 Å². The second-order valence-corrected chi connectivity index (χ2v) is 2.87. The van der Waals surface area contributed by atoms with Crippen molar-refractivity contribution in [3.63, 3.8) is 0 Å². The van der Waals surface area contributed by atoms with Gasteiger partial charge in [0.05, 0.1) is 12.6 Å². The summed E-state index contributed by atoms with van der Waals surface area (Å²) in [6.45, 7) is 0. The van der Waals surface area contributed by atoms with Crippen LogP contribution in [0, 0.1) is 0 Å². The summed E-state index contributed by atoms with van der Waals surface area (Å²) in [4.78, 5) is 11.2. The normalized spacial score (nSPS) is 10.4. The van der Waals surface area contributed by atoms with Crippen LogP contribution in [-0.4, -0.2) is 22.6 Å². The molecule has 2 aromatic rings. The molecule has 2 aromatic heterocycles. The zero-order valence-electron chi connectivity index (χ0n) is 7.60. The molecule has 0 aromatic carbocycles. The van der Waals surface area contributed by atoms with Gasteiger partial charge in [-0.1, -0.05) is 0 Å². The predicted molar refractivity (Wildman–Crippen MR) is 50.4 cm³/mol. The maximum atomic E-state index is 11.2. The maximum Gasteiger partial charge on any atom is 0.341 e. The molecule has 2 rings (SSSR count). The van der Waals surface area contributed by atoms with Crippen molar-refractivity contribution in [3.8, 4) is 5.75 Å². The van der Waals surface area contributed by atoms with E-state index in [4.69, 9.17) is 0 Å². The van der Waals surface area contributed by atoms with E-state index in [0.717, 1.165) is 0 Å². The van der Waals surface area contributed by atoms with Gasteiger partial charge in [0.25, 0.3) is 0 Å². The zero-order valence-corrected chi connectivity index (χ0v) is 7.60. The van der Waals surface area contributed by atoms with Crippen molar-refractivity contribution < 1.29 is 14.6 Å². The van der Waals surface area contributed by atoms with E-state index < -0.39 is 5.97 Å². The first-order chi connectivity index (χ1) is 6.74. The third-order valence-corrected chi connectivity index (χ3v) is 2.08. The first-order valence-corrected chi connectivity index (χ1v) is 4.11. The minimum Gasteiger partial charge on any atom is -0.505 e. The Labute approximate surface area is 80.3 Å². The van der Waals surface area contributed by atoms with Crippen LogP contribution in [0.2, 0.25) is 0 Å². The van der Waals surface area contributed by atoms with Gasteiger partial charge in [0.15, 0.2) is 5.75 Å². The third-order valence-electron chi connectivity index (χ3n) is 2.08. The maximum absolute atomic E-state index is 11.2. The van der Waals surface area contributed by atoms with E-state index in [0.29, 0.717) is 5.52 Å². The summed E-state index contributed by atoms with van der Waals surface area (Å²) < 4.78 is 6.26. The zero-order chi connectivity index (χ0) is 10.1. The summed E-state index contributed by atoms with van der Waals surface area (Å²) in [5.74, 6) is -0.587. The molecule has 0 aliphatic rings. The first kappa shape index (κ1) is 8.62. The number of carbonyl (C=O) groups excluding carboxylic acids is 1. The van der Waals surface area contributed by atoms with Gasteiger partial charge in [0.2, 0.25) is 0 Å². The number of esters is 1. The Morgan fingerprint density at radius 1 is 1.43 bits per heavy atom. The minimum absolute atomic E-state index is 0.0515. The highest BCUT2D eigenvalue weighted by Crippen LogP contribution is 2.24. The molecule has 0 spiro atoms. The smallest absolute Gasteiger partial charge is 0.341 e. The van der Waals surface area contributed by atoms with Crippen molar-refractivity contribution in [1.29, 1.82) is 0 Å². The number of carbonyl (C=O) groups is 1. The lowest BCUT2D eigenvalue weighted by molar-refractivity contribution is 0.0597. The molecule has 0 amide bonds. The van der Waals surface area contributed by atoms with Crippen LogP contribution in [0.4, 0.5) is 0 Å². The van der Waals surface area contributed by atoms with Crippen molar-refractivity contribution in [2.75, 3.05) is 7.11 Å². The van der Waals surface area contributed by atoms with Crippen LogP contribution in [0.1, 0.15) is 10.4 Å². The number of hydrogen-bond acceptors (Lipinski definition) is 3. The van der Waals surface area contributed by atoms with Crippen LogP contribution in [-0.2, 0) is 4.74 Å². The molecule has 0 radical (unpaired) electrons. The van der Waals surface area contributed by atoms with Crippen LogP contribution in [0.5, 0.6) is 5.75 Å². The van der Waals surface area contributed by atoms with Gasteiger partial charge in [-0.2, -0.15) is 0 Å². The predicted octanol–water partition coefficient (Wildman–Crippen LogP) is 1.43. The molecule has 0 atom stereocenters. The number of methoxy groups -OCH3 is 1. The fourth-order valence-corrected chi connectivity index (χ4v) is 1.37. The molecule has 2 heterocycles. The molecule has 0 fully saturated rings. The molecule has 0 saturated carbocycles. The van der Waals surface area contributed by atoms with Crippen molar-refractivity contribution in [3.05, 3.63) is 36.2 Å². The van der Waals surface area contributed by atoms with E-state index in [1.54, 1.807) is 28.9 Å². The van der Waals surface area contributed by atoms with Gasteiger partial charge in [0.1, 0.15) is 5.56 Å². The molecule has 0 aliphatic carbocycles. The van der Waals surface area contributed by atoms with E-state index in [-0.39, 0.29) is 11.3 Å². The van der Waals surface area contributed by atoms with Crippen molar-refractivity contribution in [2.45, 2.75) is 0 Å². The number of rotatable bonds is 1. The summed E-state index contributed by atoms with van der Waals surface area (Å²) in [5.41, 5.74) is 0.770. The van der Waals surface area contributed by atoms with Gasteiger partial charge >= 0.3 is 5.97 Å². The monoisotopic (exact) mass is 191 g/mol. The molecular formula is C10H9NO3. The van der Waals surface area contributed by atoms with Crippen molar-refractivity contribution >= 4 is 11.5 Å². The highest BCUT2D eigenvalue weighted by Gasteiger charge is 2.13. The molecule has 0 unspecified atom stereocenters. The molecule has 4 nitrogen and oxygen atoms in total. The Hall–Kier alpha value is -1.97. The summed E-state index contributed by atoms with van der Waals surface area (Å²) in [6.07, 6.45) is 3.48. The van der Waals surface area contributed by atoms with Gasteiger partial charge in [-0.15, -0.1) is 0 Å². The van der Waals surface area contributed by atoms with Crippen LogP contribution in [0.25, 0.3) is 5.52 Å². The highest BCUT2D eigenvalue weighted by molar-refractivity contribution is 5.94. The van der Waals surface area contributed by atoms with Gasteiger partial charge in [0, 0.05) is 12.4 Å². The standard InChI is InChI=1S/C10H9NO3/c1-14-10(13)7-4-6-11-5-2-3-8(11)9(7)12/h2-6,12H,1H3. The number of aromatic hydroxyl groups is 1. The Bertz CT molecular complexity index is 487. The van der Waals surface area contributed by atoms with Crippen LogP contribution < -0.4 is 0 Å². The van der Waals surface area contributed by atoms with Crippen LogP contribution in [0.3, 0.4) is 0 Å². The fourth-order valence-electron chi connectivity index (χ4n) is 1.37. The molecule has 0 saturated heterocycles. The van der Waals surface area contributed by atoms with Crippen molar-refractivity contribution in [1.82, 2.24) is 4.40 Å². The lowest BCUT2D eigenvalue weighted by atomic mass is 10.2. The summed E-state index contributed by atoms with van der Waals surface area (Å²) in [6, 6.07) is 5.03. The average Bonchev–Trinajstić information content (AvgIpc) is 2.66. The van der Waals surface area contributed by atoms with E-state index >= 15 is 0 Å². The summed E-state index contributed by atoms with van der Waals surface area (Å²) >= 11 is 0. The second kappa shape index (κ2) is 3.06. The number of hydrogen-bond donors (Lipinski definition) is 1. The van der Waals surface area contributed by atoms with E-state index in [2.05, 4.69) is 4.74 Å². The van der Waals surface area contributed by atoms with Gasteiger partial charge in [-0.25, -0.2) is 4.79 Å². The number of fused-ring (bicyclic) bond motifs is 1. The molecule has 1 N–H and O–H groups in total. The molecule has 0 aliphatic heterocycles. The quantitative estimate of drug-likeness (QED) is 0.694. The molecule has 72 valence electrons. The molecule has 14 heavy (non-hydrogen) atoms. The van der Waals surface area contributed by atoms with Crippen LogP contribution >= 0.6 is 0 Å². The lowest BCUT2D eigenvalue weighted by Crippen LogP contribution is -2.02. The van der Waals surface area contributed by atoms with E-state index in [1.807, 2.05) is 0 Å². The molecular weight excluding hydrogens is 182 g/mol. The second-order valence-electron chi connectivity index (χ2n) is 2.87. The third kappa shape index (κ3) is 1.12. The SMILES string of the molecule is COC(=O)c1ccn2cccc2c1O. The van der Waals surface area contributed by atoms with Gasteiger partial charge in [-0.3, -0.25) is 0 Å². The topological polar surface area (TPSA) is 50.9 Å². The van der Waals surface area contributed by atoms with E-state index in [1.165, 1.54) is 13.2 Å². The number of aromatic nitrogens is 1. The Kier molecular flexibility index (Phi) is 1.89.